The fraction of sp³-hybridized carbons (Fsp3) is 0.217. The third-order valence-corrected chi connectivity index (χ3v) is 6.42. The molecular weight excluding hydrogens is 412 g/mol. The molecule has 1 aromatic carbocycles. The first-order chi connectivity index (χ1) is 15.0. The molecule has 0 radical (unpaired) electrons. The topological polar surface area (TPSA) is 97.1 Å². The molecule has 8 heteroatoms. The Balaban J connectivity index is 1.38. The number of nitrogens with zero attached hydrogens (tertiary/aromatic N) is 2. The van der Waals surface area contributed by atoms with Gasteiger partial charge in [0.25, 0.3) is 11.8 Å². The third-order valence-electron chi connectivity index (χ3n) is 5.24. The highest BCUT2D eigenvalue weighted by atomic mass is 32.1. The van der Waals surface area contributed by atoms with Crippen molar-refractivity contribution in [3.05, 3.63) is 64.4 Å². The van der Waals surface area contributed by atoms with E-state index >= 15 is 0 Å². The number of furan rings is 1. The van der Waals surface area contributed by atoms with Gasteiger partial charge < -0.3 is 15.1 Å². The zero-order chi connectivity index (χ0) is 21.5. The van der Waals surface area contributed by atoms with Crippen LogP contribution < -0.4 is 10.6 Å². The van der Waals surface area contributed by atoms with E-state index in [-0.39, 0.29) is 11.8 Å². The zero-order valence-corrected chi connectivity index (χ0v) is 17.9. The Labute approximate surface area is 182 Å². The summed E-state index contributed by atoms with van der Waals surface area (Å²) in [4.78, 5) is 35.5. The summed E-state index contributed by atoms with van der Waals surface area (Å²) < 4.78 is 5.41. The van der Waals surface area contributed by atoms with Gasteiger partial charge in [0.15, 0.2) is 11.6 Å². The fourth-order valence-corrected chi connectivity index (χ4v) is 4.59. The molecule has 0 spiro atoms. The predicted molar refractivity (Wildman–Crippen MR) is 119 cm³/mol. The molecule has 2 amide bonds. The van der Waals surface area contributed by atoms with Crippen molar-refractivity contribution in [1.29, 1.82) is 0 Å². The number of hydrogen-bond acceptors (Lipinski definition) is 6. The molecule has 7 nitrogen and oxygen atoms in total. The van der Waals surface area contributed by atoms with Gasteiger partial charge >= 0.3 is 0 Å². The molecule has 0 bridgehead atoms. The summed E-state index contributed by atoms with van der Waals surface area (Å²) in [6.07, 6.45) is 3.67. The zero-order valence-electron chi connectivity index (χ0n) is 17.1. The number of anilines is 1. The largest absolute Gasteiger partial charge is 0.461 e. The average molecular weight is 433 g/mol. The molecule has 0 atom stereocenters. The van der Waals surface area contributed by atoms with E-state index in [0.29, 0.717) is 33.8 Å². The summed E-state index contributed by atoms with van der Waals surface area (Å²) in [5.74, 6) is 0.799. The average Bonchev–Trinajstić information content (AvgIpc) is 3.26. The molecule has 3 heterocycles. The Morgan fingerprint density at radius 1 is 1.06 bits per heavy atom. The van der Waals surface area contributed by atoms with Gasteiger partial charge in [0.05, 0.1) is 16.8 Å². The van der Waals surface area contributed by atoms with Crippen molar-refractivity contribution in [3.8, 4) is 11.6 Å². The smallest absolute Gasteiger partial charge is 0.266 e. The van der Waals surface area contributed by atoms with E-state index in [0.717, 1.165) is 34.3 Å². The maximum atomic E-state index is 13.0. The standard InChI is InChI=1S/C23H20N4O3S/c1-12-18-13(2)24-20(17-4-3-11-30-17)27-23(18)31-19(12)22(29)26-15-7-5-14(6-8-15)21(28)25-16-9-10-16/h3-8,11,16H,9-10H2,1-2H3,(H,25,28)(H,26,29). The van der Waals surface area contributed by atoms with Gasteiger partial charge in [0.2, 0.25) is 0 Å². The second-order valence-electron chi connectivity index (χ2n) is 7.63. The molecule has 1 aliphatic rings. The number of fused-ring (bicyclic) bond motifs is 1. The van der Waals surface area contributed by atoms with Crippen LogP contribution in [0.3, 0.4) is 0 Å². The quantitative estimate of drug-likeness (QED) is 0.476. The Bertz CT molecular complexity index is 1290. The van der Waals surface area contributed by atoms with Crippen molar-refractivity contribution in [1.82, 2.24) is 15.3 Å². The number of carbonyl (C=O) groups is 2. The molecule has 31 heavy (non-hydrogen) atoms. The Morgan fingerprint density at radius 2 is 1.84 bits per heavy atom. The van der Waals surface area contributed by atoms with E-state index in [1.54, 1.807) is 36.6 Å². The monoisotopic (exact) mass is 432 g/mol. The number of aromatic nitrogens is 2. The van der Waals surface area contributed by atoms with Gasteiger partial charge in [-0.3, -0.25) is 9.59 Å². The maximum absolute atomic E-state index is 13.0. The summed E-state index contributed by atoms with van der Waals surface area (Å²) in [5, 5.41) is 6.75. The van der Waals surface area contributed by atoms with E-state index in [2.05, 4.69) is 20.6 Å². The molecular formula is C23H20N4O3S. The minimum absolute atomic E-state index is 0.0814. The van der Waals surface area contributed by atoms with Crippen LogP contribution in [0.2, 0.25) is 0 Å². The molecule has 0 saturated heterocycles. The lowest BCUT2D eigenvalue weighted by molar-refractivity contribution is 0.0950. The van der Waals surface area contributed by atoms with E-state index in [4.69, 9.17) is 4.42 Å². The van der Waals surface area contributed by atoms with Crippen LogP contribution in [0.4, 0.5) is 5.69 Å². The van der Waals surface area contributed by atoms with Crippen molar-refractivity contribution in [2.75, 3.05) is 5.32 Å². The highest BCUT2D eigenvalue weighted by Gasteiger charge is 2.24. The van der Waals surface area contributed by atoms with Crippen molar-refractivity contribution in [3.63, 3.8) is 0 Å². The second kappa shape index (κ2) is 7.63. The first-order valence-corrected chi connectivity index (χ1v) is 10.8. The minimum Gasteiger partial charge on any atom is -0.461 e. The van der Waals surface area contributed by atoms with E-state index < -0.39 is 0 Å². The Hall–Kier alpha value is -3.52. The predicted octanol–water partition coefficient (Wildman–Crippen LogP) is 4.71. The molecule has 156 valence electrons. The fourth-order valence-electron chi connectivity index (χ4n) is 3.46. The lowest BCUT2D eigenvalue weighted by Crippen LogP contribution is -2.25. The summed E-state index contributed by atoms with van der Waals surface area (Å²) in [6, 6.07) is 10.8. The van der Waals surface area contributed by atoms with Gasteiger partial charge in [-0.15, -0.1) is 11.3 Å². The van der Waals surface area contributed by atoms with Gasteiger partial charge in [-0.1, -0.05) is 0 Å². The number of aryl methyl sites for hydroxylation is 2. The number of thiophene rings is 1. The molecule has 0 aliphatic heterocycles. The number of nitrogens with one attached hydrogen (secondary N) is 2. The van der Waals surface area contributed by atoms with Crippen LogP contribution in [-0.4, -0.2) is 27.8 Å². The SMILES string of the molecule is Cc1nc(-c2ccco2)nc2sc(C(=O)Nc3ccc(C(=O)NC4CC4)cc3)c(C)c12. The van der Waals surface area contributed by atoms with Gasteiger partial charge in [0.1, 0.15) is 4.83 Å². The first-order valence-electron chi connectivity index (χ1n) is 10.0. The van der Waals surface area contributed by atoms with Crippen LogP contribution in [-0.2, 0) is 0 Å². The lowest BCUT2D eigenvalue weighted by atomic mass is 10.1. The van der Waals surface area contributed by atoms with Crippen LogP contribution in [0.1, 0.15) is 44.1 Å². The summed E-state index contributed by atoms with van der Waals surface area (Å²) >= 11 is 1.33. The Morgan fingerprint density at radius 3 is 2.52 bits per heavy atom. The van der Waals surface area contributed by atoms with E-state index in [9.17, 15) is 9.59 Å². The van der Waals surface area contributed by atoms with Gasteiger partial charge in [-0.25, -0.2) is 9.97 Å². The molecule has 1 aliphatic carbocycles. The molecule has 4 aromatic rings. The van der Waals surface area contributed by atoms with Crippen LogP contribution in [0.15, 0.2) is 47.1 Å². The van der Waals surface area contributed by atoms with Crippen molar-refractivity contribution in [2.24, 2.45) is 0 Å². The molecule has 1 fully saturated rings. The van der Waals surface area contributed by atoms with Crippen LogP contribution in [0, 0.1) is 13.8 Å². The number of carbonyl (C=O) groups excluding carboxylic acids is 2. The summed E-state index contributed by atoms with van der Waals surface area (Å²) in [7, 11) is 0. The second-order valence-corrected chi connectivity index (χ2v) is 8.62. The molecule has 2 N–H and O–H groups in total. The van der Waals surface area contributed by atoms with Gasteiger partial charge in [0, 0.05) is 22.7 Å². The highest BCUT2D eigenvalue weighted by Crippen LogP contribution is 2.33. The Kier molecular flexibility index (Phi) is 4.78. The first kappa shape index (κ1) is 19.4. The van der Waals surface area contributed by atoms with Crippen molar-refractivity contribution >= 4 is 39.1 Å². The van der Waals surface area contributed by atoms with Gasteiger partial charge in [-0.2, -0.15) is 0 Å². The normalized spacial score (nSPS) is 13.4. The third kappa shape index (κ3) is 3.82. The van der Waals surface area contributed by atoms with Crippen molar-refractivity contribution < 1.29 is 14.0 Å². The number of rotatable bonds is 5. The lowest BCUT2D eigenvalue weighted by Gasteiger charge is -2.07. The summed E-state index contributed by atoms with van der Waals surface area (Å²) in [6.45, 7) is 3.81. The number of amides is 2. The molecule has 5 rings (SSSR count). The van der Waals surface area contributed by atoms with Crippen LogP contribution in [0.5, 0.6) is 0 Å². The van der Waals surface area contributed by atoms with Gasteiger partial charge in [-0.05, 0) is 68.7 Å². The number of hydrogen-bond donors (Lipinski definition) is 2. The minimum atomic E-state index is -0.213. The van der Waals surface area contributed by atoms with Crippen LogP contribution in [0.25, 0.3) is 21.8 Å². The molecule has 1 saturated carbocycles. The highest BCUT2D eigenvalue weighted by molar-refractivity contribution is 7.20. The van der Waals surface area contributed by atoms with E-state index in [1.807, 2.05) is 19.9 Å². The number of benzene rings is 1. The summed E-state index contributed by atoms with van der Waals surface area (Å²) in [5.41, 5.74) is 2.86. The van der Waals surface area contributed by atoms with E-state index in [1.165, 1.54) is 11.3 Å². The maximum Gasteiger partial charge on any atom is 0.266 e. The van der Waals surface area contributed by atoms with Crippen LogP contribution >= 0.6 is 11.3 Å². The van der Waals surface area contributed by atoms with Crippen molar-refractivity contribution in [2.45, 2.75) is 32.7 Å². The molecule has 3 aromatic heterocycles. The molecule has 0 unspecified atom stereocenters.